The largest absolute Gasteiger partial charge is 2.00 e. The average molecular weight is 651 g/mol. The monoisotopic (exact) mass is 650 g/mol. The maximum atomic E-state index is 11.3. The van der Waals surface area contributed by atoms with Crippen LogP contribution >= 0.6 is 0 Å². The molecule has 0 aliphatic rings. The van der Waals surface area contributed by atoms with Gasteiger partial charge in [-0.2, -0.15) is 0 Å². The average Bonchev–Trinajstić information content (AvgIpc) is 2.99. The molecular weight excluding hydrogens is 592 g/mol. The van der Waals surface area contributed by atoms with Crippen LogP contribution in [0.1, 0.15) is 174 Å². The summed E-state index contributed by atoms with van der Waals surface area (Å²) < 4.78 is 0. The third-order valence-corrected chi connectivity index (χ3v) is 8.22. The molecule has 0 aliphatic heterocycles. The number of hydrogen-bond acceptors (Lipinski definition) is 5. The van der Waals surface area contributed by atoms with E-state index in [0.29, 0.717) is 17.5 Å². The zero-order valence-corrected chi connectivity index (χ0v) is 30.5. The fraction of sp³-hybridized carbons (Fsp3) is 0.632. The van der Waals surface area contributed by atoms with Crippen LogP contribution < -0.4 is 10.2 Å². The van der Waals surface area contributed by atoms with Gasteiger partial charge in [0.1, 0.15) is 5.75 Å². The Bertz CT molecular complexity index is 971. The summed E-state index contributed by atoms with van der Waals surface area (Å²) in [5.74, 6) is -2.09. The zero-order chi connectivity index (χ0) is 32.4. The third-order valence-electron chi connectivity index (χ3n) is 8.22. The molecule has 0 aromatic heterocycles. The number of carboxylic acids is 2. The first-order valence-corrected chi connectivity index (χ1v) is 17.4. The van der Waals surface area contributed by atoms with Gasteiger partial charge >= 0.3 is 43.7 Å². The van der Waals surface area contributed by atoms with E-state index in [1.165, 1.54) is 133 Å². The molecule has 2 N–H and O–H groups in total. The van der Waals surface area contributed by atoms with Crippen molar-refractivity contribution in [2.75, 3.05) is 0 Å². The third kappa shape index (κ3) is 21.6. The maximum Gasteiger partial charge on any atom is 2.00 e. The van der Waals surface area contributed by atoms with Crippen LogP contribution in [-0.2, 0) is 12.8 Å². The fourth-order valence-electron chi connectivity index (χ4n) is 5.58. The number of unbranched alkanes of at least 4 members (excludes halogenated alkanes) is 18. The van der Waals surface area contributed by atoms with Gasteiger partial charge in [-0.1, -0.05) is 148 Å². The Morgan fingerprint density at radius 2 is 0.956 bits per heavy atom. The molecule has 0 aliphatic carbocycles. The first-order chi connectivity index (χ1) is 21.3. The van der Waals surface area contributed by atoms with Crippen LogP contribution in [0.4, 0.5) is 0 Å². The summed E-state index contributed by atoms with van der Waals surface area (Å²) in [4.78, 5) is 22.1. The molecule has 0 atom stereocenters. The smallest absolute Gasteiger partial charge is 0.872 e. The van der Waals surface area contributed by atoms with Gasteiger partial charge in [-0.15, -0.1) is 5.75 Å². The molecule has 45 heavy (non-hydrogen) atoms. The van der Waals surface area contributed by atoms with Gasteiger partial charge < -0.3 is 25.2 Å². The summed E-state index contributed by atoms with van der Waals surface area (Å²) >= 11 is 0. The van der Waals surface area contributed by atoms with Crippen molar-refractivity contribution in [3.05, 3.63) is 58.7 Å². The van der Waals surface area contributed by atoms with Crippen LogP contribution in [0.15, 0.2) is 36.4 Å². The van der Waals surface area contributed by atoms with Crippen molar-refractivity contribution in [2.24, 2.45) is 0 Å². The van der Waals surface area contributed by atoms with Crippen molar-refractivity contribution in [1.29, 1.82) is 0 Å². The topological polar surface area (TPSA) is 121 Å². The second-order valence-electron chi connectivity index (χ2n) is 12.1. The molecule has 0 bridgehead atoms. The molecule has 0 radical (unpaired) electrons. The predicted octanol–water partition coefficient (Wildman–Crippen LogP) is 8.76. The maximum absolute atomic E-state index is 11.3. The summed E-state index contributed by atoms with van der Waals surface area (Å²) in [6, 6.07) is 8.58. The number of aromatic carboxylic acids is 2. The zero-order valence-electron chi connectivity index (χ0n) is 28.3. The molecule has 0 unspecified atom stereocenters. The van der Waals surface area contributed by atoms with Crippen LogP contribution in [-0.4, -0.2) is 59.9 Å². The minimum absolute atomic E-state index is 0. The molecule has 0 amide bonds. The Morgan fingerprint density at radius 3 is 1.36 bits per heavy atom. The molecule has 7 heteroatoms. The number of aryl methyl sites for hydroxylation is 2. The van der Waals surface area contributed by atoms with Crippen molar-refractivity contribution in [3.8, 4) is 11.5 Å². The number of carbonyl (C=O) groups excluding carboxylic acids is 1. The summed E-state index contributed by atoms with van der Waals surface area (Å²) in [6.45, 7) is 4.47. The number of phenols is 1. The van der Waals surface area contributed by atoms with Gasteiger partial charge in [0.25, 0.3) is 0 Å². The van der Waals surface area contributed by atoms with Crippen LogP contribution in [0.2, 0.25) is 0 Å². The van der Waals surface area contributed by atoms with Crippen LogP contribution in [0.3, 0.4) is 0 Å². The molecule has 0 heterocycles. The van der Waals surface area contributed by atoms with Crippen molar-refractivity contribution in [3.63, 3.8) is 0 Å². The first-order valence-electron chi connectivity index (χ1n) is 17.4. The standard InChI is InChI=1S/2C19H30O3.Ca/c2*1-2-3-4-5-6-7-8-9-10-11-12-16-15-17(20)13-14-18(16)19(21)22;/h2*13-15,20H,2-12H2,1H3,(H,21,22);/q;;+2/p-2. The molecule has 2 rings (SSSR count). The van der Waals surface area contributed by atoms with Crippen molar-refractivity contribution in [1.82, 2.24) is 0 Å². The Kier molecular flexibility index (Phi) is 27.3. The van der Waals surface area contributed by atoms with E-state index in [1.807, 2.05) is 0 Å². The van der Waals surface area contributed by atoms with Crippen molar-refractivity contribution >= 4 is 49.7 Å². The Labute approximate surface area is 303 Å². The Balaban J connectivity index is 0.000000842. The number of aromatic hydroxyl groups is 1. The number of rotatable bonds is 24. The summed E-state index contributed by atoms with van der Waals surface area (Å²) in [7, 11) is 0. The first kappa shape index (κ1) is 43.2. The van der Waals surface area contributed by atoms with Crippen molar-refractivity contribution in [2.45, 2.75) is 155 Å². The summed E-state index contributed by atoms with van der Waals surface area (Å²) in [5, 5.41) is 41.0. The number of benzene rings is 2. The van der Waals surface area contributed by atoms with Gasteiger partial charge in [0.2, 0.25) is 0 Å². The number of carboxylic acid groups (broad SMARTS) is 2. The Morgan fingerprint density at radius 1 is 0.578 bits per heavy atom. The van der Waals surface area contributed by atoms with Crippen molar-refractivity contribution < 1.29 is 30.0 Å². The molecule has 248 valence electrons. The van der Waals surface area contributed by atoms with E-state index in [1.54, 1.807) is 6.07 Å². The molecule has 2 aromatic rings. The minimum Gasteiger partial charge on any atom is -0.872 e. The quantitative estimate of drug-likeness (QED) is 0.0866. The van der Waals surface area contributed by atoms with Gasteiger partial charge in [-0.05, 0) is 55.0 Å². The van der Waals surface area contributed by atoms with Crippen LogP contribution in [0.25, 0.3) is 0 Å². The van der Waals surface area contributed by atoms with Crippen LogP contribution in [0.5, 0.6) is 11.5 Å². The van der Waals surface area contributed by atoms with Gasteiger partial charge in [0, 0.05) is 5.56 Å². The minimum atomic E-state index is -1.19. The van der Waals surface area contributed by atoms with E-state index in [-0.39, 0.29) is 54.8 Å². The Hall–Kier alpha value is -1.76. The number of carbonyl (C=O) groups is 2. The fourth-order valence-corrected chi connectivity index (χ4v) is 5.58. The SMILES string of the molecule is CCCCCCCCCCCCc1cc(O)ccc1C(=O)O.CCCCCCCCCCCCc1cc([O-])ccc1C(=O)[O-].[Ca+2]. The van der Waals surface area contributed by atoms with E-state index in [9.17, 15) is 24.9 Å². The summed E-state index contributed by atoms with van der Waals surface area (Å²) in [5.41, 5.74) is 1.84. The molecule has 0 spiro atoms. The van der Waals surface area contributed by atoms with Gasteiger partial charge in [0.15, 0.2) is 0 Å². The predicted molar refractivity (Wildman–Crippen MR) is 182 cm³/mol. The van der Waals surface area contributed by atoms with E-state index < -0.39 is 11.9 Å². The summed E-state index contributed by atoms with van der Waals surface area (Å²) in [6.07, 6.45) is 26.4. The van der Waals surface area contributed by atoms with E-state index in [2.05, 4.69) is 13.8 Å². The molecule has 0 saturated heterocycles. The second kappa shape index (κ2) is 28.5. The van der Waals surface area contributed by atoms with Gasteiger partial charge in [-0.3, -0.25) is 0 Å². The van der Waals surface area contributed by atoms with E-state index >= 15 is 0 Å². The van der Waals surface area contributed by atoms with Gasteiger partial charge in [-0.25, -0.2) is 4.79 Å². The number of phenolic OH excluding ortho intramolecular Hbond substituents is 1. The molecule has 0 fully saturated rings. The van der Waals surface area contributed by atoms with E-state index in [4.69, 9.17) is 5.11 Å². The van der Waals surface area contributed by atoms with E-state index in [0.717, 1.165) is 37.7 Å². The van der Waals surface area contributed by atoms with Crippen LogP contribution in [0, 0.1) is 0 Å². The normalized spacial score (nSPS) is 10.5. The molecular formula is C38H58CaO6. The molecule has 6 nitrogen and oxygen atoms in total. The number of hydrogen-bond donors (Lipinski definition) is 2. The second-order valence-corrected chi connectivity index (χ2v) is 12.1. The molecule has 2 aromatic carbocycles. The molecule has 0 saturated carbocycles. The van der Waals surface area contributed by atoms with Gasteiger partial charge in [0.05, 0.1) is 11.5 Å².